The van der Waals surface area contributed by atoms with Crippen molar-refractivity contribution in [2.24, 2.45) is 0 Å². The lowest BCUT2D eigenvalue weighted by Gasteiger charge is -2.14. The minimum atomic E-state index is 1.15. The lowest BCUT2D eigenvalue weighted by Crippen LogP contribution is -1.97. The second-order valence-corrected chi connectivity index (χ2v) is 32.9. The third kappa shape index (κ3) is 9.48. The van der Waals surface area contributed by atoms with Crippen LogP contribution in [0.25, 0.3) is 253 Å². The lowest BCUT2D eigenvalue weighted by atomic mass is 9.90. The van der Waals surface area contributed by atoms with E-state index < -0.39 is 0 Å². The Morgan fingerprint density at radius 2 is 0.303 bits per heavy atom. The van der Waals surface area contributed by atoms with Gasteiger partial charge < -0.3 is 27.4 Å². The summed E-state index contributed by atoms with van der Waals surface area (Å²) in [5, 5.41) is 25.7. The number of hydrogen-bond acceptors (Lipinski definition) is 0. The van der Waals surface area contributed by atoms with E-state index in [0.717, 1.165) is 22.7 Å². The average Bonchev–Trinajstić information content (AvgIpc) is 1.54. The van der Waals surface area contributed by atoms with Gasteiger partial charge in [-0.25, -0.2) is 0 Å². The van der Waals surface area contributed by atoms with Crippen molar-refractivity contribution in [3.05, 3.63) is 425 Å². The minimum Gasteiger partial charge on any atom is -0.309 e. The van der Waals surface area contributed by atoms with Crippen LogP contribution >= 0.6 is 0 Å². The summed E-state index contributed by atoms with van der Waals surface area (Å²) in [6.07, 6.45) is 0. The summed E-state index contributed by atoms with van der Waals surface area (Å²) in [5.41, 5.74) is 31.6. The van der Waals surface area contributed by atoms with Gasteiger partial charge in [-0.2, -0.15) is 0 Å². The smallest absolute Gasteiger partial charge is 0.0547 e. The largest absolute Gasteiger partial charge is 0.309 e. The predicted octanol–water partition coefficient (Wildman–Crippen LogP) is 31.0. The van der Waals surface area contributed by atoms with Crippen LogP contribution in [-0.2, 0) is 0 Å². The maximum atomic E-state index is 2.46. The lowest BCUT2D eigenvalue weighted by molar-refractivity contribution is 1.14. The third-order valence-electron chi connectivity index (χ3n) is 26.8. The molecular weight excluding hydrogens is 1480 g/mol. The number of benzene rings is 22. The van der Waals surface area contributed by atoms with Crippen LogP contribution in [0.15, 0.2) is 425 Å². The fourth-order valence-electron chi connectivity index (χ4n) is 21.6. The topological polar surface area (TPSA) is 29.6 Å². The Kier molecular flexibility index (Phi) is 14.0. The Morgan fingerprint density at radius 3 is 0.557 bits per heavy atom. The molecule has 6 heteroatoms. The minimum absolute atomic E-state index is 1.15. The first-order valence-corrected chi connectivity index (χ1v) is 42.2. The quantitative estimate of drug-likeness (QED) is 0.122. The van der Waals surface area contributed by atoms with Crippen molar-refractivity contribution in [2.45, 2.75) is 0 Å². The molecule has 0 radical (unpaired) electrons. The van der Waals surface area contributed by atoms with Crippen LogP contribution in [0, 0.1) is 0 Å². The first-order chi connectivity index (χ1) is 60.6. The highest BCUT2D eigenvalue weighted by molar-refractivity contribution is 6.33. The molecule has 22 aromatic carbocycles. The molecule has 0 aliphatic heterocycles. The van der Waals surface area contributed by atoms with Gasteiger partial charge in [0.2, 0.25) is 0 Å². The summed E-state index contributed by atoms with van der Waals surface area (Å²) in [6.45, 7) is 0. The molecule has 0 spiro atoms. The molecule has 0 aliphatic carbocycles. The molecule has 0 saturated carbocycles. The molecular formula is C116H70N6. The van der Waals surface area contributed by atoms with E-state index in [2.05, 4.69) is 452 Å². The molecule has 0 bridgehead atoms. The Balaban J connectivity index is 0.000000132. The highest BCUT2D eigenvalue weighted by Crippen LogP contribution is 2.51. The maximum absolute atomic E-state index is 2.46. The molecule has 0 saturated heterocycles. The third-order valence-corrected chi connectivity index (χ3v) is 26.8. The van der Waals surface area contributed by atoms with Crippen molar-refractivity contribution < 1.29 is 0 Å². The van der Waals surface area contributed by atoms with Crippen molar-refractivity contribution in [1.29, 1.82) is 0 Å². The van der Waals surface area contributed by atoms with Gasteiger partial charge in [-0.1, -0.05) is 279 Å². The molecule has 0 atom stereocenters. The molecule has 6 heterocycles. The van der Waals surface area contributed by atoms with Gasteiger partial charge in [-0.3, -0.25) is 0 Å². The fourth-order valence-corrected chi connectivity index (χ4v) is 21.6. The van der Waals surface area contributed by atoms with Crippen LogP contribution in [-0.4, -0.2) is 27.4 Å². The van der Waals surface area contributed by atoms with Gasteiger partial charge in [-0.15, -0.1) is 0 Å². The van der Waals surface area contributed by atoms with E-state index in [-0.39, 0.29) is 0 Å². The van der Waals surface area contributed by atoms with E-state index in [4.69, 9.17) is 0 Å². The molecule has 0 fully saturated rings. The van der Waals surface area contributed by atoms with Crippen LogP contribution in [0.1, 0.15) is 0 Å². The maximum Gasteiger partial charge on any atom is 0.0547 e. The van der Waals surface area contributed by atoms with Gasteiger partial charge >= 0.3 is 0 Å². The molecule has 0 amide bonds. The van der Waals surface area contributed by atoms with E-state index in [0.29, 0.717) is 0 Å². The molecule has 28 rings (SSSR count). The van der Waals surface area contributed by atoms with E-state index in [1.807, 2.05) is 0 Å². The summed E-state index contributed by atoms with van der Waals surface area (Å²) in [6, 6.07) is 157. The zero-order valence-corrected chi connectivity index (χ0v) is 66.1. The van der Waals surface area contributed by atoms with Crippen LogP contribution < -0.4 is 0 Å². The van der Waals surface area contributed by atoms with Crippen LogP contribution in [0.2, 0.25) is 0 Å². The van der Waals surface area contributed by atoms with Gasteiger partial charge in [0.25, 0.3) is 0 Å². The Bertz CT molecular complexity index is 8450. The van der Waals surface area contributed by atoms with E-state index in [9.17, 15) is 0 Å². The van der Waals surface area contributed by atoms with Crippen LogP contribution in [0.4, 0.5) is 0 Å². The monoisotopic (exact) mass is 1550 g/mol. The number of hydrogen-bond donors (Lipinski definition) is 0. The molecule has 6 aromatic heterocycles. The first-order valence-electron chi connectivity index (χ1n) is 42.2. The van der Waals surface area contributed by atoms with E-state index >= 15 is 0 Å². The molecule has 6 nitrogen and oxygen atoms in total. The normalized spacial score (nSPS) is 12.3. The second-order valence-electron chi connectivity index (χ2n) is 32.9. The number of para-hydroxylation sites is 4. The van der Waals surface area contributed by atoms with Gasteiger partial charge in [0.1, 0.15) is 0 Å². The van der Waals surface area contributed by atoms with Gasteiger partial charge in [0.05, 0.1) is 66.2 Å². The Hall–Kier alpha value is -16.3. The zero-order valence-electron chi connectivity index (χ0n) is 66.1. The summed E-state index contributed by atoms with van der Waals surface area (Å²) in [4.78, 5) is 0. The molecule has 0 N–H and O–H groups in total. The van der Waals surface area contributed by atoms with Crippen LogP contribution in [0.3, 0.4) is 0 Å². The number of aromatic nitrogens is 6. The molecule has 28 aromatic rings. The predicted molar refractivity (Wildman–Crippen MR) is 515 cm³/mol. The Morgan fingerprint density at radius 1 is 0.107 bits per heavy atom. The highest BCUT2D eigenvalue weighted by Gasteiger charge is 2.27. The molecule has 0 aliphatic rings. The van der Waals surface area contributed by atoms with Gasteiger partial charge in [-0.05, 0) is 233 Å². The average molecular weight is 1550 g/mol. The summed E-state index contributed by atoms with van der Waals surface area (Å²) >= 11 is 0. The number of nitrogens with zero attached hydrogens (tertiary/aromatic N) is 6. The van der Waals surface area contributed by atoms with E-state index in [1.54, 1.807) is 0 Å². The summed E-state index contributed by atoms with van der Waals surface area (Å²) in [5.74, 6) is 0. The standard InChI is InChI=1S/C64H38N4.C52H32N2/c1-5-17-53-47(13-1)48-14-2-6-18-54(48)65(53)41-25-29-43(30-26-41)67-57-21-9-11-39-23-33-51-45(35-37-59(67)63(51)61(39)57)46-36-38-60-64-52(46)34-24-40-12-10-22-58(62(40)64)68(60)44-31-27-42(28-32-44)66-55-19-7-3-15-49(55)50-16-4-8-20-56(50)66;1-3-9-33(10-4-1)35-17-23-39(24-18-35)53-45-15-7-13-37-21-27-43-41(29-31-47(53)51(43)49(37)45)42-30-32-48-52-44(42)28-22-38-14-8-16-46(50(38)52)54(48)40-25-19-36(20-26-40)34-11-5-2-6-12-34/h1-38H;1-32H. The molecule has 564 valence electrons. The SMILES string of the molecule is c1ccc(-c2ccc(-n3c4cccc5ccc6c(-c7ccc8c9c7ccc7cccc(c79)n8-c7ccc(-c8ccccc8)cc7)ccc3c6c54)cc2)cc1.c1ccc2c(c1)c1ccccc1n2-c1ccc(-n2c3cccc4ccc5c(-c6ccc7c8c6ccc6cccc(c68)n7-c6ccc(-n7c8ccccc8c8ccccc87)cc6)ccc2c5c43)cc1. The van der Waals surface area contributed by atoms with Crippen LogP contribution in [0.5, 0.6) is 0 Å². The molecule has 122 heavy (non-hydrogen) atoms. The second kappa shape index (κ2) is 25.6. The number of fused-ring (bicyclic) bond motifs is 6. The number of rotatable bonds is 10. The van der Waals surface area contributed by atoms with Crippen molar-refractivity contribution in [3.63, 3.8) is 0 Å². The van der Waals surface area contributed by atoms with Crippen molar-refractivity contribution in [2.75, 3.05) is 0 Å². The van der Waals surface area contributed by atoms with E-state index in [1.165, 1.54) is 230 Å². The summed E-state index contributed by atoms with van der Waals surface area (Å²) in [7, 11) is 0. The van der Waals surface area contributed by atoms with Gasteiger partial charge in [0, 0.05) is 98.8 Å². The summed E-state index contributed by atoms with van der Waals surface area (Å²) < 4.78 is 14.6. The van der Waals surface area contributed by atoms with Crippen molar-refractivity contribution in [1.82, 2.24) is 27.4 Å². The Labute approximate surface area is 699 Å². The van der Waals surface area contributed by atoms with Gasteiger partial charge in [0.15, 0.2) is 0 Å². The first kappa shape index (κ1) is 66.8. The fraction of sp³-hybridized carbons (Fsp3) is 0. The van der Waals surface area contributed by atoms with Crippen molar-refractivity contribution >= 4 is 174 Å². The highest BCUT2D eigenvalue weighted by atomic mass is 15.0. The van der Waals surface area contributed by atoms with Crippen molar-refractivity contribution in [3.8, 4) is 78.6 Å². The zero-order chi connectivity index (χ0) is 79.5. The molecule has 0 unspecified atom stereocenters.